The number of hydrogen-bond acceptors (Lipinski definition) is 0. The van der Waals surface area contributed by atoms with E-state index in [-0.39, 0.29) is 0 Å². The van der Waals surface area contributed by atoms with E-state index in [9.17, 15) is 0 Å². The van der Waals surface area contributed by atoms with Crippen molar-refractivity contribution in [2.75, 3.05) is 0 Å². The van der Waals surface area contributed by atoms with Gasteiger partial charge in [-0.3, -0.25) is 0 Å². The van der Waals surface area contributed by atoms with Crippen LogP contribution in [0, 0.1) is 5.92 Å². The molecule has 1 saturated carbocycles. The highest BCUT2D eigenvalue weighted by Crippen LogP contribution is 2.39. The fourth-order valence-electron chi connectivity index (χ4n) is 2.60. The van der Waals surface area contributed by atoms with Gasteiger partial charge in [0.05, 0.1) is 0 Å². The molecule has 1 aromatic carbocycles. The molecule has 0 N–H and O–H groups in total. The molecule has 0 nitrogen and oxygen atoms in total. The number of alkyl halides is 1. The zero-order valence-electron chi connectivity index (χ0n) is 9.76. The van der Waals surface area contributed by atoms with Crippen LogP contribution in [0.3, 0.4) is 0 Å². The summed E-state index contributed by atoms with van der Waals surface area (Å²) >= 11 is 11.0. The number of hydrogen-bond donors (Lipinski definition) is 0. The van der Waals surface area contributed by atoms with E-state index in [1.165, 1.54) is 48.6 Å². The SMILES string of the molecule is Brc1ccc(Br)c(C(Br)CC2CCCCC2)c1. The van der Waals surface area contributed by atoms with Gasteiger partial charge in [-0.1, -0.05) is 79.9 Å². The molecule has 1 atom stereocenters. The lowest BCUT2D eigenvalue weighted by Gasteiger charge is -2.24. The van der Waals surface area contributed by atoms with Crippen molar-refractivity contribution in [1.82, 2.24) is 0 Å². The average molecular weight is 425 g/mol. The van der Waals surface area contributed by atoms with Crippen LogP contribution in [0.2, 0.25) is 0 Å². The number of benzene rings is 1. The summed E-state index contributed by atoms with van der Waals surface area (Å²) in [5, 5.41) is 0. The molecule has 0 amide bonds. The molecule has 0 saturated heterocycles. The molecule has 1 aromatic rings. The summed E-state index contributed by atoms with van der Waals surface area (Å²) < 4.78 is 2.36. The van der Waals surface area contributed by atoms with Gasteiger partial charge in [0, 0.05) is 13.8 Å². The normalized spacial score (nSPS) is 19.2. The third-order valence-corrected chi connectivity index (χ3v) is 5.64. The second kappa shape index (κ2) is 6.72. The predicted molar refractivity (Wildman–Crippen MR) is 84.7 cm³/mol. The first-order valence-corrected chi connectivity index (χ1v) is 8.76. The second-order valence-corrected chi connectivity index (χ2v) is 7.75. The molecule has 1 unspecified atom stereocenters. The van der Waals surface area contributed by atoms with Crippen molar-refractivity contribution in [1.29, 1.82) is 0 Å². The van der Waals surface area contributed by atoms with Gasteiger partial charge in [-0.05, 0) is 36.1 Å². The van der Waals surface area contributed by atoms with Crippen molar-refractivity contribution in [3.8, 4) is 0 Å². The Kier molecular flexibility index (Phi) is 5.56. The molecular formula is C14H17Br3. The molecule has 0 radical (unpaired) electrons. The summed E-state index contributed by atoms with van der Waals surface area (Å²) in [5.41, 5.74) is 1.37. The maximum Gasteiger partial charge on any atom is 0.0409 e. The van der Waals surface area contributed by atoms with Gasteiger partial charge in [0.15, 0.2) is 0 Å². The first-order chi connectivity index (χ1) is 8.16. The topological polar surface area (TPSA) is 0 Å². The van der Waals surface area contributed by atoms with Gasteiger partial charge in [0.1, 0.15) is 0 Å². The molecule has 0 aromatic heterocycles. The quantitative estimate of drug-likeness (QED) is 0.478. The van der Waals surface area contributed by atoms with Gasteiger partial charge in [-0.25, -0.2) is 0 Å². The van der Waals surface area contributed by atoms with Crippen LogP contribution in [0.5, 0.6) is 0 Å². The van der Waals surface area contributed by atoms with E-state index >= 15 is 0 Å². The van der Waals surface area contributed by atoms with Gasteiger partial charge in [0.25, 0.3) is 0 Å². The van der Waals surface area contributed by atoms with Crippen LogP contribution in [0.1, 0.15) is 48.9 Å². The number of rotatable bonds is 3. The molecule has 0 heterocycles. The van der Waals surface area contributed by atoms with Crippen molar-refractivity contribution >= 4 is 47.8 Å². The minimum atomic E-state index is 0.470. The van der Waals surface area contributed by atoms with Crippen LogP contribution in [-0.2, 0) is 0 Å². The van der Waals surface area contributed by atoms with Gasteiger partial charge in [-0.15, -0.1) is 0 Å². The van der Waals surface area contributed by atoms with Crippen LogP contribution in [0.4, 0.5) is 0 Å². The minimum absolute atomic E-state index is 0.470. The highest BCUT2D eigenvalue weighted by molar-refractivity contribution is 9.11. The van der Waals surface area contributed by atoms with Crippen LogP contribution in [0.15, 0.2) is 27.1 Å². The zero-order chi connectivity index (χ0) is 12.3. The Morgan fingerprint density at radius 3 is 2.53 bits per heavy atom. The predicted octanol–water partition coefficient (Wildman–Crippen LogP) is 6.62. The van der Waals surface area contributed by atoms with Crippen LogP contribution < -0.4 is 0 Å². The molecule has 0 bridgehead atoms. The summed E-state index contributed by atoms with van der Waals surface area (Å²) in [7, 11) is 0. The van der Waals surface area contributed by atoms with Crippen LogP contribution >= 0.6 is 47.8 Å². The molecule has 1 fully saturated rings. The van der Waals surface area contributed by atoms with E-state index in [1.807, 2.05) is 0 Å². The standard InChI is InChI=1S/C14H17Br3/c15-11-6-7-13(16)12(9-11)14(17)8-10-4-2-1-3-5-10/h6-7,9-10,14H,1-5,8H2. The summed E-state index contributed by atoms with van der Waals surface area (Å²) in [4.78, 5) is 0.470. The summed E-state index contributed by atoms with van der Waals surface area (Å²) in [6.07, 6.45) is 8.36. The first kappa shape index (κ1) is 14.1. The summed E-state index contributed by atoms with van der Waals surface area (Å²) in [6, 6.07) is 6.41. The van der Waals surface area contributed by atoms with E-state index in [2.05, 4.69) is 66.0 Å². The second-order valence-electron chi connectivity index (χ2n) is 4.87. The molecule has 17 heavy (non-hydrogen) atoms. The van der Waals surface area contributed by atoms with Crippen molar-refractivity contribution in [2.24, 2.45) is 5.92 Å². The van der Waals surface area contributed by atoms with Crippen LogP contribution in [0.25, 0.3) is 0 Å². The Bertz CT molecular complexity index is 370. The van der Waals surface area contributed by atoms with Crippen molar-refractivity contribution in [3.05, 3.63) is 32.7 Å². The zero-order valence-corrected chi connectivity index (χ0v) is 14.5. The highest BCUT2D eigenvalue weighted by atomic mass is 79.9. The Balaban J connectivity index is 2.02. The third kappa shape index (κ3) is 4.07. The van der Waals surface area contributed by atoms with Gasteiger partial charge in [-0.2, -0.15) is 0 Å². The summed E-state index contributed by atoms with van der Waals surface area (Å²) in [5.74, 6) is 0.902. The van der Waals surface area contributed by atoms with Crippen LogP contribution in [-0.4, -0.2) is 0 Å². The Hall–Kier alpha value is 0.660. The third-order valence-electron chi connectivity index (χ3n) is 3.56. The monoisotopic (exact) mass is 422 g/mol. The lowest BCUT2D eigenvalue weighted by molar-refractivity contribution is 0.338. The maximum atomic E-state index is 3.86. The fourth-order valence-corrected chi connectivity index (χ4v) is 4.71. The smallest absolute Gasteiger partial charge is 0.0409 e. The minimum Gasteiger partial charge on any atom is -0.0838 e. The largest absolute Gasteiger partial charge is 0.0838 e. The lowest BCUT2D eigenvalue weighted by atomic mass is 9.85. The molecule has 1 aliphatic carbocycles. The Morgan fingerprint density at radius 2 is 1.82 bits per heavy atom. The summed E-state index contributed by atoms with van der Waals surface area (Å²) in [6.45, 7) is 0. The van der Waals surface area contributed by atoms with Gasteiger partial charge in [0.2, 0.25) is 0 Å². The average Bonchev–Trinajstić information content (AvgIpc) is 2.33. The molecular weight excluding hydrogens is 408 g/mol. The van der Waals surface area contributed by atoms with Crippen molar-refractivity contribution in [2.45, 2.75) is 43.4 Å². The van der Waals surface area contributed by atoms with E-state index in [0.29, 0.717) is 4.83 Å². The molecule has 0 aliphatic heterocycles. The Morgan fingerprint density at radius 1 is 1.12 bits per heavy atom. The van der Waals surface area contributed by atoms with Gasteiger partial charge >= 0.3 is 0 Å². The molecule has 0 spiro atoms. The highest BCUT2D eigenvalue weighted by Gasteiger charge is 2.19. The van der Waals surface area contributed by atoms with Crippen molar-refractivity contribution < 1.29 is 0 Å². The molecule has 1 aliphatic rings. The molecule has 2 rings (SSSR count). The lowest BCUT2D eigenvalue weighted by Crippen LogP contribution is -2.08. The molecule has 94 valence electrons. The van der Waals surface area contributed by atoms with E-state index in [1.54, 1.807) is 0 Å². The van der Waals surface area contributed by atoms with E-state index in [4.69, 9.17) is 0 Å². The number of halogens is 3. The van der Waals surface area contributed by atoms with Gasteiger partial charge < -0.3 is 0 Å². The van der Waals surface area contributed by atoms with E-state index < -0.39 is 0 Å². The Labute approximate surface area is 129 Å². The molecule has 3 heteroatoms. The maximum absolute atomic E-state index is 3.86. The van der Waals surface area contributed by atoms with Crippen molar-refractivity contribution in [3.63, 3.8) is 0 Å². The fraction of sp³-hybridized carbons (Fsp3) is 0.571. The van der Waals surface area contributed by atoms with E-state index in [0.717, 1.165) is 10.4 Å². The first-order valence-electron chi connectivity index (χ1n) is 6.26.